The summed E-state index contributed by atoms with van der Waals surface area (Å²) in [7, 11) is 0. The average molecular weight is 326 g/mol. The summed E-state index contributed by atoms with van der Waals surface area (Å²) in [5, 5.41) is 8.05. The van der Waals surface area contributed by atoms with Gasteiger partial charge in [-0.05, 0) is 44.0 Å². The van der Waals surface area contributed by atoms with Crippen molar-refractivity contribution in [2.75, 3.05) is 18.5 Å². The van der Waals surface area contributed by atoms with Crippen molar-refractivity contribution in [2.24, 2.45) is 0 Å². The Kier molecular flexibility index (Phi) is 3.90. The van der Waals surface area contributed by atoms with Gasteiger partial charge in [-0.2, -0.15) is 9.61 Å². The van der Waals surface area contributed by atoms with Crippen molar-refractivity contribution in [3.05, 3.63) is 47.9 Å². The van der Waals surface area contributed by atoms with Crippen LogP contribution in [0, 0.1) is 12.7 Å². The molecular weight excluding hydrogens is 307 g/mol. The highest BCUT2D eigenvalue weighted by atomic mass is 19.1. The van der Waals surface area contributed by atoms with Gasteiger partial charge in [-0.3, -0.25) is 0 Å². The van der Waals surface area contributed by atoms with Gasteiger partial charge in [0.25, 0.3) is 0 Å². The van der Waals surface area contributed by atoms with E-state index in [0.717, 1.165) is 54.4 Å². The molecule has 24 heavy (non-hydrogen) atoms. The number of anilines is 1. The molecule has 1 aliphatic heterocycles. The van der Waals surface area contributed by atoms with Crippen molar-refractivity contribution in [1.29, 1.82) is 0 Å². The highest BCUT2D eigenvalue weighted by Gasteiger charge is 2.16. The monoisotopic (exact) mass is 326 g/mol. The lowest BCUT2D eigenvalue weighted by atomic mass is 10.1. The molecule has 0 radical (unpaired) electrons. The number of ether oxygens (including phenoxy) is 1. The highest BCUT2D eigenvalue weighted by Crippen LogP contribution is 2.22. The number of hydrogen-bond acceptors (Lipinski definition) is 4. The van der Waals surface area contributed by atoms with Crippen LogP contribution in [0.1, 0.15) is 18.5 Å². The Hall–Kier alpha value is -2.47. The van der Waals surface area contributed by atoms with Gasteiger partial charge in [0.15, 0.2) is 5.65 Å². The van der Waals surface area contributed by atoms with E-state index in [1.807, 2.05) is 19.1 Å². The van der Waals surface area contributed by atoms with E-state index in [-0.39, 0.29) is 11.9 Å². The number of benzene rings is 1. The lowest BCUT2D eigenvalue weighted by Crippen LogP contribution is -2.20. The van der Waals surface area contributed by atoms with E-state index in [0.29, 0.717) is 0 Å². The molecule has 1 atom stereocenters. The number of hydrogen-bond donors (Lipinski definition) is 1. The summed E-state index contributed by atoms with van der Waals surface area (Å²) in [6.45, 7) is 3.56. The lowest BCUT2D eigenvalue weighted by Gasteiger charge is -2.13. The molecule has 4 rings (SSSR count). The van der Waals surface area contributed by atoms with Crippen LogP contribution in [0.5, 0.6) is 0 Å². The molecule has 2 aromatic heterocycles. The van der Waals surface area contributed by atoms with Crippen LogP contribution in [0.2, 0.25) is 0 Å². The highest BCUT2D eigenvalue weighted by molar-refractivity contribution is 5.65. The molecule has 0 aliphatic carbocycles. The molecule has 0 amide bonds. The summed E-state index contributed by atoms with van der Waals surface area (Å²) in [5.74, 6) is 0.636. The van der Waals surface area contributed by atoms with Gasteiger partial charge in [0, 0.05) is 36.5 Å². The fourth-order valence-electron chi connectivity index (χ4n) is 3.01. The molecule has 5 nitrogen and oxygen atoms in total. The van der Waals surface area contributed by atoms with Crippen LogP contribution in [0.15, 0.2) is 36.4 Å². The molecule has 0 bridgehead atoms. The number of rotatable bonds is 4. The zero-order chi connectivity index (χ0) is 16.5. The molecule has 3 heterocycles. The fourth-order valence-corrected chi connectivity index (χ4v) is 3.01. The van der Waals surface area contributed by atoms with Crippen molar-refractivity contribution < 1.29 is 9.13 Å². The van der Waals surface area contributed by atoms with E-state index in [9.17, 15) is 4.39 Å². The summed E-state index contributed by atoms with van der Waals surface area (Å²) >= 11 is 0. The van der Waals surface area contributed by atoms with E-state index in [4.69, 9.17) is 4.74 Å². The minimum atomic E-state index is -0.254. The summed E-state index contributed by atoms with van der Waals surface area (Å²) in [5.41, 5.74) is 3.32. The molecule has 1 aromatic carbocycles. The van der Waals surface area contributed by atoms with Crippen LogP contribution in [-0.2, 0) is 4.74 Å². The van der Waals surface area contributed by atoms with Crippen molar-refractivity contribution in [3.8, 4) is 11.3 Å². The Bertz CT molecular complexity index is 853. The number of aryl methyl sites for hydroxylation is 1. The zero-order valence-corrected chi connectivity index (χ0v) is 13.5. The Morgan fingerprint density at radius 2 is 2.12 bits per heavy atom. The molecule has 0 spiro atoms. The minimum Gasteiger partial charge on any atom is -0.376 e. The minimum absolute atomic E-state index is 0.251. The first kappa shape index (κ1) is 15.1. The quantitative estimate of drug-likeness (QED) is 0.798. The largest absolute Gasteiger partial charge is 0.376 e. The SMILES string of the molecule is Cc1cc(NCC2CCCO2)n2nc(-c3ccc(F)cc3)cc2n1. The number of nitrogens with zero attached hydrogens (tertiary/aromatic N) is 3. The second kappa shape index (κ2) is 6.20. The van der Waals surface area contributed by atoms with E-state index < -0.39 is 0 Å². The normalized spacial score (nSPS) is 17.5. The van der Waals surface area contributed by atoms with Gasteiger partial charge in [-0.25, -0.2) is 9.37 Å². The third-order valence-electron chi connectivity index (χ3n) is 4.23. The molecule has 0 saturated carbocycles. The van der Waals surface area contributed by atoms with Crippen LogP contribution >= 0.6 is 0 Å². The van der Waals surface area contributed by atoms with Gasteiger partial charge < -0.3 is 10.1 Å². The van der Waals surface area contributed by atoms with Crippen LogP contribution < -0.4 is 5.32 Å². The van der Waals surface area contributed by atoms with Crippen LogP contribution in [0.3, 0.4) is 0 Å². The predicted molar refractivity (Wildman–Crippen MR) is 90.6 cm³/mol. The lowest BCUT2D eigenvalue weighted by molar-refractivity contribution is 0.120. The fraction of sp³-hybridized carbons (Fsp3) is 0.333. The molecule has 1 N–H and O–H groups in total. The molecular formula is C18H19FN4O. The first-order valence-electron chi connectivity index (χ1n) is 8.18. The summed E-state index contributed by atoms with van der Waals surface area (Å²) in [6, 6.07) is 10.2. The second-order valence-electron chi connectivity index (χ2n) is 6.11. The van der Waals surface area contributed by atoms with Crippen LogP contribution in [0.25, 0.3) is 16.9 Å². The van der Waals surface area contributed by atoms with E-state index in [1.54, 1.807) is 16.6 Å². The Morgan fingerprint density at radius 1 is 1.29 bits per heavy atom. The number of halogens is 1. The summed E-state index contributed by atoms with van der Waals surface area (Å²) < 4.78 is 20.6. The van der Waals surface area contributed by atoms with Gasteiger partial charge in [0.1, 0.15) is 11.6 Å². The summed E-state index contributed by atoms with van der Waals surface area (Å²) in [6.07, 6.45) is 2.45. The van der Waals surface area contributed by atoms with Crippen molar-refractivity contribution in [3.63, 3.8) is 0 Å². The molecule has 3 aromatic rings. The third-order valence-corrected chi connectivity index (χ3v) is 4.23. The van der Waals surface area contributed by atoms with Crippen LogP contribution in [-0.4, -0.2) is 33.9 Å². The Morgan fingerprint density at radius 3 is 2.88 bits per heavy atom. The Labute approximate surface area is 139 Å². The molecule has 1 saturated heterocycles. The Balaban J connectivity index is 1.67. The molecule has 124 valence electrons. The topological polar surface area (TPSA) is 51.5 Å². The molecule has 1 aliphatic rings. The first-order chi connectivity index (χ1) is 11.7. The smallest absolute Gasteiger partial charge is 0.158 e. The van der Waals surface area contributed by atoms with Gasteiger partial charge in [-0.15, -0.1) is 0 Å². The van der Waals surface area contributed by atoms with Crippen LogP contribution in [0.4, 0.5) is 10.2 Å². The maximum Gasteiger partial charge on any atom is 0.158 e. The van der Waals surface area contributed by atoms with E-state index in [2.05, 4.69) is 15.4 Å². The maximum atomic E-state index is 13.1. The van der Waals surface area contributed by atoms with Gasteiger partial charge in [-0.1, -0.05) is 0 Å². The second-order valence-corrected chi connectivity index (χ2v) is 6.11. The number of nitrogens with one attached hydrogen (secondary N) is 1. The first-order valence-corrected chi connectivity index (χ1v) is 8.18. The molecule has 1 unspecified atom stereocenters. The van der Waals surface area contributed by atoms with Gasteiger partial charge >= 0.3 is 0 Å². The number of fused-ring (bicyclic) bond motifs is 1. The maximum absolute atomic E-state index is 13.1. The summed E-state index contributed by atoms with van der Waals surface area (Å²) in [4.78, 5) is 4.53. The van der Waals surface area contributed by atoms with E-state index >= 15 is 0 Å². The standard InChI is InChI=1S/C18H19FN4O/c1-12-9-17(20-11-15-3-2-8-24-15)23-18(21-12)10-16(22-23)13-4-6-14(19)7-5-13/h4-7,9-10,15,20H,2-3,8,11H2,1H3. The van der Waals surface area contributed by atoms with Crippen molar-refractivity contribution in [2.45, 2.75) is 25.9 Å². The average Bonchev–Trinajstić information content (AvgIpc) is 3.22. The molecule has 1 fully saturated rings. The predicted octanol–water partition coefficient (Wildman–Crippen LogP) is 3.43. The molecule has 6 heteroatoms. The zero-order valence-electron chi connectivity index (χ0n) is 13.5. The number of aromatic nitrogens is 3. The van der Waals surface area contributed by atoms with Crippen molar-refractivity contribution in [1.82, 2.24) is 14.6 Å². The van der Waals surface area contributed by atoms with E-state index in [1.165, 1.54) is 12.1 Å². The van der Waals surface area contributed by atoms with Gasteiger partial charge in [0.2, 0.25) is 0 Å². The van der Waals surface area contributed by atoms with Crippen molar-refractivity contribution >= 4 is 11.5 Å². The van der Waals surface area contributed by atoms with Gasteiger partial charge in [0.05, 0.1) is 11.8 Å². The third kappa shape index (κ3) is 2.97.